The van der Waals surface area contributed by atoms with Gasteiger partial charge in [0.05, 0.1) is 13.7 Å². The van der Waals surface area contributed by atoms with Gasteiger partial charge in [-0.15, -0.1) is 0 Å². The molecule has 0 saturated heterocycles. The van der Waals surface area contributed by atoms with E-state index in [1.165, 1.54) is 5.56 Å². The van der Waals surface area contributed by atoms with Crippen LogP contribution in [0.15, 0.2) is 48.5 Å². The maximum Gasteiger partial charge on any atom is 0.315 e. The normalized spacial score (nSPS) is 11.0. The van der Waals surface area contributed by atoms with Crippen molar-refractivity contribution >= 4 is 6.03 Å². The number of benzene rings is 2. The summed E-state index contributed by atoms with van der Waals surface area (Å²) in [4.78, 5) is 11.8. The van der Waals surface area contributed by atoms with Crippen LogP contribution in [-0.2, 0) is 12.0 Å². The first kappa shape index (κ1) is 20.6. The molecule has 0 heterocycles. The van der Waals surface area contributed by atoms with Gasteiger partial charge in [-0.2, -0.15) is 0 Å². The lowest BCUT2D eigenvalue weighted by molar-refractivity contribution is 0.238. The molecular weight excluding hydrogens is 340 g/mol. The number of carbonyl (C=O) groups excluding carboxylic acids is 1. The van der Waals surface area contributed by atoms with Gasteiger partial charge in [-0.3, -0.25) is 0 Å². The Morgan fingerprint density at radius 3 is 2.41 bits per heavy atom. The molecule has 0 aliphatic rings. The minimum Gasteiger partial charge on any atom is -0.497 e. The summed E-state index contributed by atoms with van der Waals surface area (Å²) in [7, 11) is 1.63. The molecule has 27 heavy (non-hydrogen) atoms. The van der Waals surface area contributed by atoms with Crippen molar-refractivity contribution in [3.63, 3.8) is 0 Å². The summed E-state index contributed by atoms with van der Waals surface area (Å²) in [5.41, 5.74) is 2.41. The van der Waals surface area contributed by atoms with E-state index >= 15 is 0 Å². The van der Waals surface area contributed by atoms with Crippen molar-refractivity contribution in [2.75, 3.05) is 20.3 Å². The number of nitrogens with one attached hydrogen (secondary N) is 2. The molecule has 2 aromatic rings. The van der Waals surface area contributed by atoms with E-state index in [4.69, 9.17) is 9.47 Å². The Labute approximate surface area is 162 Å². The summed E-state index contributed by atoms with van der Waals surface area (Å²) in [6, 6.07) is 15.6. The standard InChI is InChI=1S/C22H30N2O3/c1-22(2,3)18-9-11-19(12-10-18)27-14-6-13-23-21(25)24-16-17-7-5-8-20(15-17)26-4/h5,7-12,15H,6,13-14,16H2,1-4H3,(H2,23,24,25). The quantitative estimate of drug-likeness (QED) is 0.683. The first-order valence-corrected chi connectivity index (χ1v) is 9.26. The molecule has 0 spiro atoms. The summed E-state index contributed by atoms with van der Waals surface area (Å²) in [6.45, 7) is 8.14. The van der Waals surface area contributed by atoms with Gasteiger partial charge in [0.1, 0.15) is 11.5 Å². The highest BCUT2D eigenvalue weighted by Crippen LogP contribution is 2.24. The van der Waals surface area contributed by atoms with Gasteiger partial charge in [0.2, 0.25) is 0 Å². The van der Waals surface area contributed by atoms with Crippen molar-refractivity contribution in [3.8, 4) is 11.5 Å². The van der Waals surface area contributed by atoms with E-state index in [0.717, 1.165) is 23.5 Å². The summed E-state index contributed by atoms with van der Waals surface area (Å²) in [5.74, 6) is 1.63. The topological polar surface area (TPSA) is 59.6 Å². The van der Waals surface area contributed by atoms with Crippen LogP contribution >= 0.6 is 0 Å². The summed E-state index contributed by atoms with van der Waals surface area (Å²) in [6.07, 6.45) is 0.744. The number of amides is 2. The fourth-order valence-electron chi connectivity index (χ4n) is 2.54. The van der Waals surface area contributed by atoms with Gasteiger partial charge < -0.3 is 20.1 Å². The molecule has 2 N–H and O–H groups in total. The minimum absolute atomic E-state index is 0.140. The number of urea groups is 1. The Morgan fingerprint density at radius 2 is 1.74 bits per heavy atom. The van der Waals surface area contributed by atoms with E-state index in [0.29, 0.717) is 19.7 Å². The number of rotatable bonds is 8. The molecule has 0 atom stereocenters. The zero-order valence-electron chi connectivity index (χ0n) is 16.7. The highest BCUT2D eigenvalue weighted by molar-refractivity contribution is 5.73. The number of methoxy groups -OCH3 is 1. The largest absolute Gasteiger partial charge is 0.497 e. The molecule has 2 aromatic carbocycles. The molecule has 0 saturated carbocycles. The maximum absolute atomic E-state index is 11.8. The smallest absolute Gasteiger partial charge is 0.315 e. The summed E-state index contributed by atoms with van der Waals surface area (Å²) >= 11 is 0. The molecule has 0 aromatic heterocycles. The van der Waals surface area contributed by atoms with Crippen molar-refractivity contribution in [1.82, 2.24) is 10.6 Å². The Bertz CT molecular complexity index is 721. The van der Waals surface area contributed by atoms with Crippen molar-refractivity contribution in [3.05, 3.63) is 59.7 Å². The Morgan fingerprint density at radius 1 is 1.00 bits per heavy atom. The van der Waals surface area contributed by atoms with Gasteiger partial charge >= 0.3 is 6.03 Å². The minimum atomic E-state index is -0.188. The van der Waals surface area contributed by atoms with Crippen LogP contribution in [0.3, 0.4) is 0 Å². The average Bonchev–Trinajstić information content (AvgIpc) is 2.66. The van der Waals surface area contributed by atoms with E-state index in [2.05, 4.69) is 43.5 Å². The fraction of sp³-hybridized carbons (Fsp3) is 0.409. The molecule has 2 amide bonds. The number of hydrogen-bond donors (Lipinski definition) is 2. The van der Waals surface area contributed by atoms with Crippen molar-refractivity contribution in [2.24, 2.45) is 0 Å². The second kappa shape index (κ2) is 9.86. The first-order chi connectivity index (χ1) is 12.9. The van der Waals surface area contributed by atoms with E-state index in [-0.39, 0.29) is 11.4 Å². The third-order valence-corrected chi connectivity index (χ3v) is 4.18. The summed E-state index contributed by atoms with van der Waals surface area (Å²) in [5, 5.41) is 5.67. The fourth-order valence-corrected chi connectivity index (χ4v) is 2.54. The average molecular weight is 370 g/mol. The van der Waals surface area contributed by atoms with Crippen LogP contribution < -0.4 is 20.1 Å². The highest BCUT2D eigenvalue weighted by atomic mass is 16.5. The monoisotopic (exact) mass is 370 g/mol. The lowest BCUT2D eigenvalue weighted by Crippen LogP contribution is -2.36. The third kappa shape index (κ3) is 7.21. The molecule has 0 fully saturated rings. The van der Waals surface area contributed by atoms with Gasteiger partial charge in [-0.1, -0.05) is 45.0 Å². The zero-order valence-corrected chi connectivity index (χ0v) is 16.7. The Balaban J connectivity index is 1.61. The molecule has 5 nitrogen and oxygen atoms in total. The van der Waals surface area contributed by atoms with Gasteiger partial charge in [-0.25, -0.2) is 4.79 Å². The predicted molar refractivity (Wildman–Crippen MR) is 108 cm³/mol. The first-order valence-electron chi connectivity index (χ1n) is 9.26. The van der Waals surface area contributed by atoms with Crippen LogP contribution in [0.4, 0.5) is 4.79 Å². The van der Waals surface area contributed by atoms with Crippen LogP contribution in [0.5, 0.6) is 11.5 Å². The van der Waals surface area contributed by atoms with Gasteiger partial charge in [0.25, 0.3) is 0 Å². The SMILES string of the molecule is COc1cccc(CNC(=O)NCCCOc2ccc(C(C)(C)C)cc2)c1. The lowest BCUT2D eigenvalue weighted by atomic mass is 9.87. The number of ether oxygens (including phenoxy) is 2. The molecule has 5 heteroatoms. The Hall–Kier alpha value is -2.69. The molecule has 0 aliphatic heterocycles. The van der Waals surface area contributed by atoms with E-state index in [1.807, 2.05) is 36.4 Å². The zero-order chi connectivity index (χ0) is 19.7. The number of carbonyl (C=O) groups is 1. The van der Waals surface area contributed by atoms with Crippen LogP contribution in [0.2, 0.25) is 0 Å². The van der Waals surface area contributed by atoms with E-state index < -0.39 is 0 Å². The molecular formula is C22H30N2O3. The molecule has 146 valence electrons. The predicted octanol–water partition coefficient (Wildman–Crippen LogP) is 4.26. The Kier molecular flexibility index (Phi) is 7.53. The van der Waals surface area contributed by atoms with Crippen LogP contribution in [0.1, 0.15) is 38.3 Å². The van der Waals surface area contributed by atoms with Gasteiger partial charge in [0, 0.05) is 13.1 Å². The number of hydrogen-bond acceptors (Lipinski definition) is 3. The van der Waals surface area contributed by atoms with E-state index in [9.17, 15) is 4.79 Å². The van der Waals surface area contributed by atoms with Crippen molar-refractivity contribution in [1.29, 1.82) is 0 Å². The third-order valence-electron chi connectivity index (χ3n) is 4.18. The second-order valence-electron chi connectivity index (χ2n) is 7.44. The molecule has 0 unspecified atom stereocenters. The van der Waals surface area contributed by atoms with Gasteiger partial charge in [-0.05, 0) is 47.2 Å². The molecule has 2 rings (SSSR count). The van der Waals surface area contributed by atoms with Crippen molar-refractivity contribution < 1.29 is 14.3 Å². The van der Waals surface area contributed by atoms with Gasteiger partial charge in [0.15, 0.2) is 0 Å². The van der Waals surface area contributed by atoms with Crippen LogP contribution in [0, 0.1) is 0 Å². The van der Waals surface area contributed by atoms with E-state index in [1.54, 1.807) is 7.11 Å². The van der Waals surface area contributed by atoms with Crippen molar-refractivity contribution in [2.45, 2.75) is 39.2 Å². The molecule has 0 bridgehead atoms. The highest BCUT2D eigenvalue weighted by Gasteiger charge is 2.12. The molecule has 0 aliphatic carbocycles. The molecule has 0 radical (unpaired) electrons. The lowest BCUT2D eigenvalue weighted by Gasteiger charge is -2.19. The van der Waals surface area contributed by atoms with Crippen LogP contribution in [0.25, 0.3) is 0 Å². The maximum atomic E-state index is 11.8. The second-order valence-corrected chi connectivity index (χ2v) is 7.44. The van der Waals surface area contributed by atoms with Crippen LogP contribution in [-0.4, -0.2) is 26.3 Å². The summed E-state index contributed by atoms with van der Waals surface area (Å²) < 4.78 is 10.9.